The zero-order valence-corrected chi connectivity index (χ0v) is 17.6. The lowest BCUT2D eigenvalue weighted by atomic mass is 9.99. The second kappa shape index (κ2) is 9.82. The molecule has 0 saturated carbocycles. The van der Waals surface area contributed by atoms with E-state index in [0.717, 1.165) is 30.7 Å². The lowest BCUT2D eigenvalue weighted by molar-refractivity contribution is -0.135. The molecule has 0 bridgehead atoms. The fraction of sp³-hybridized carbons (Fsp3) is 0.526. The molecule has 1 aromatic heterocycles. The van der Waals surface area contributed by atoms with Crippen LogP contribution in [0, 0.1) is 0 Å². The predicted octanol–water partition coefficient (Wildman–Crippen LogP) is 3.49. The summed E-state index contributed by atoms with van der Waals surface area (Å²) < 4.78 is 0.561. The second-order valence-electron chi connectivity index (χ2n) is 6.70. The van der Waals surface area contributed by atoms with Gasteiger partial charge in [0.05, 0.1) is 4.91 Å². The van der Waals surface area contributed by atoms with E-state index >= 15 is 0 Å². The number of nitrogens with zero attached hydrogens (tertiary/aromatic N) is 2. The zero-order chi connectivity index (χ0) is 19.2. The van der Waals surface area contributed by atoms with Gasteiger partial charge in [0, 0.05) is 37.0 Å². The molecule has 2 fully saturated rings. The van der Waals surface area contributed by atoms with Crippen LogP contribution in [0.15, 0.2) is 22.4 Å². The quantitative estimate of drug-likeness (QED) is 0.536. The van der Waals surface area contributed by atoms with Crippen LogP contribution in [0.5, 0.6) is 0 Å². The molecule has 2 aliphatic heterocycles. The van der Waals surface area contributed by atoms with E-state index in [2.05, 4.69) is 0 Å². The van der Waals surface area contributed by atoms with Crippen molar-refractivity contribution in [2.24, 2.45) is 0 Å². The van der Waals surface area contributed by atoms with Gasteiger partial charge in [0.2, 0.25) is 5.91 Å². The van der Waals surface area contributed by atoms with E-state index in [4.69, 9.17) is 12.2 Å². The summed E-state index contributed by atoms with van der Waals surface area (Å²) in [6.45, 7) is 1.35. The van der Waals surface area contributed by atoms with Crippen LogP contribution in [0.2, 0.25) is 0 Å². The Kier molecular flexibility index (Phi) is 7.46. The molecular weight excluding hydrogens is 400 g/mol. The summed E-state index contributed by atoms with van der Waals surface area (Å²) >= 11 is 8.27. The molecule has 27 heavy (non-hydrogen) atoms. The van der Waals surface area contributed by atoms with E-state index in [1.54, 1.807) is 16.2 Å². The SMILES string of the molecule is O=C1/C(=C/c2cccs2)SC(=S)N1CCCC(=O)N1CCCCC1CCO. The first-order valence-corrected chi connectivity index (χ1v) is 11.4. The Balaban J connectivity index is 1.51. The van der Waals surface area contributed by atoms with Gasteiger partial charge in [0.1, 0.15) is 4.32 Å². The van der Waals surface area contributed by atoms with Crippen LogP contribution in [0.3, 0.4) is 0 Å². The van der Waals surface area contributed by atoms with Gasteiger partial charge in [-0.3, -0.25) is 14.5 Å². The number of thioether (sulfide) groups is 1. The summed E-state index contributed by atoms with van der Waals surface area (Å²) in [7, 11) is 0. The van der Waals surface area contributed by atoms with Crippen LogP contribution in [0.25, 0.3) is 6.08 Å². The van der Waals surface area contributed by atoms with Gasteiger partial charge in [-0.15, -0.1) is 11.3 Å². The number of hydrogen-bond acceptors (Lipinski definition) is 6. The summed E-state index contributed by atoms with van der Waals surface area (Å²) in [6, 6.07) is 4.08. The minimum Gasteiger partial charge on any atom is -0.396 e. The Morgan fingerprint density at radius 1 is 1.41 bits per heavy atom. The Hall–Kier alpha value is -1.22. The van der Waals surface area contributed by atoms with Gasteiger partial charge in [-0.1, -0.05) is 30.0 Å². The number of likely N-dealkylation sites (tertiary alicyclic amines) is 1. The van der Waals surface area contributed by atoms with Crippen molar-refractivity contribution in [3.8, 4) is 0 Å². The number of rotatable bonds is 7. The summed E-state index contributed by atoms with van der Waals surface area (Å²) in [4.78, 5) is 30.4. The largest absolute Gasteiger partial charge is 0.396 e. The molecule has 1 unspecified atom stereocenters. The maximum Gasteiger partial charge on any atom is 0.266 e. The molecule has 0 aliphatic carbocycles. The first-order chi connectivity index (χ1) is 13.1. The summed E-state index contributed by atoms with van der Waals surface area (Å²) in [6.07, 6.45) is 6.63. The third kappa shape index (κ3) is 5.19. The lowest BCUT2D eigenvalue weighted by Gasteiger charge is -2.35. The highest BCUT2D eigenvalue weighted by Gasteiger charge is 2.32. The normalized spacial score (nSPS) is 22.1. The number of amides is 2. The third-order valence-electron chi connectivity index (χ3n) is 4.87. The van der Waals surface area contributed by atoms with E-state index in [1.165, 1.54) is 11.8 Å². The highest BCUT2D eigenvalue weighted by atomic mass is 32.2. The molecule has 2 amide bonds. The molecule has 3 rings (SSSR count). The molecule has 2 saturated heterocycles. The molecule has 8 heteroatoms. The number of aliphatic hydroxyl groups excluding tert-OH is 1. The number of thiocarbonyl (C=S) groups is 1. The number of thiophene rings is 1. The molecule has 5 nitrogen and oxygen atoms in total. The smallest absolute Gasteiger partial charge is 0.266 e. The molecule has 146 valence electrons. The van der Waals surface area contributed by atoms with Gasteiger partial charge in [0.15, 0.2) is 0 Å². The molecule has 1 atom stereocenters. The molecule has 0 spiro atoms. The van der Waals surface area contributed by atoms with Gasteiger partial charge >= 0.3 is 0 Å². The minimum atomic E-state index is -0.0676. The minimum absolute atomic E-state index is 0.0676. The number of aliphatic hydroxyl groups is 1. The van der Waals surface area contributed by atoms with Crippen LogP contribution < -0.4 is 0 Å². The van der Waals surface area contributed by atoms with Crippen molar-refractivity contribution >= 4 is 57.5 Å². The third-order valence-corrected chi connectivity index (χ3v) is 7.07. The molecule has 0 radical (unpaired) electrons. The Morgan fingerprint density at radius 3 is 3.00 bits per heavy atom. The standard InChI is InChI=1S/C19H24N2O3S3/c22-11-8-14-5-1-2-9-20(14)17(23)7-3-10-21-18(24)16(27-19(21)25)13-15-6-4-12-26-15/h4,6,12-14,22H,1-3,5,7-11H2/b16-13-. The number of piperidine rings is 1. The van der Waals surface area contributed by atoms with E-state index in [-0.39, 0.29) is 24.5 Å². The number of hydrogen-bond donors (Lipinski definition) is 1. The van der Waals surface area contributed by atoms with Crippen molar-refractivity contribution in [2.45, 2.75) is 44.6 Å². The molecular formula is C19H24N2O3S3. The van der Waals surface area contributed by atoms with Crippen molar-refractivity contribution in [1.29, 1.82) is 0 Å². The highest BCUT2D eigenvalue weighted by molar-refractivity contribution is 8.26. The zero-order valence-electron chi connectivity index (χ0n) is 15.1. The van der Waals surface area contributed by atoms with Crippen molar-refractivity contribution in [2.75, 3.05) is 19.7 Å². The molecule has 2 aliphatic rings. The maximum atomic E-state index is 12.6. The average Bonchev–Trinajstić information content (AvgIpc) is 3.26. The first-order valence-electron chi connectivity index (χ1n) is 9.29. The first kappa shape index (κ1) is 20.5. The molecule has 3 heterocycles. The van der Waals surface area contributed by atoms with Crippen LogP contribution in [0.1, 0.15) is 43.4 Å². The van der Waals surface area contributed by atoms with Gasteiger partial charge in [0.25, 0.3) is 5.91 Å². The van der Waals surface area contributed by atoms with Crippen molar-refractivity contribution in [3.63, 3.8) is 0 Å². The van der Waals surface area contributed by atoms with Gasteiger partial charge in [-0.05, 0) is 49.6 Å². The van der Waals surface area contributed by atoms with Crippen LogP contribution in [0.4, 0.5) is 0 Å². The van der Waals surface area contributed by atoms with E-state index in [1.807, 2.05) is 28.5 Å². The number of carbonyl (C=O) groups excluding carboxylic acids is 2. The van der Waals surface area contributed by atoms with Gasteiger partial charge < -0.3 is 10.0 Å². The van der Waals surface area contributed by atoms with E-state index < -0.39 is 0 Å². The van der Waals surface area contributed by atoms with Gasteiger partial charge in [-0.2, -0.15) is 0 Å². The second-order valence-corrected chi connectivity index (χ2v) is 9.36. The van der Waals surface area contributed by atoms with E-state index in [0.29, 0.717) is 35.0 Å². The van der Waals surface area contributed by atoms with E-state index in [9.17, 15) is 14.7 Å². The monoisotopic (exact) mass is 424 g/mol. The van der Waals surface area contributed by atoms with Crippen LogP contribution in [-0.2, 0) is 9.59 Å². The van der Waals surface area contributed by atoms with Crippen molar-refractivity contribution in [1.82, 2.24) is 9.80 Å². The fourth-order valence-electron chi connectivity index (χ4n) is 3.51. The fourth-order valence-corrected chi connectivity index (χ4v) is 5.54. The maximum absolute atomic E-state index is 12.6. The average molecular weight is 425 g/mol. The Bertz CT molecular complexity index is 716. The highest BCUT2D eigenvalue weighted by Crippen LogP contribution is 2.33. The summed E-state index contributed by atoms with van der Waals surface area (Å²) in [5.41, 5.74) is 0. The molecule has 1 N–H and O–H groups in total. The van der Waals surface area contributed by atoms with Gasteiger partial charge in [-0.25, -0.2) is 0 Å². The Morgan fingerprint density at radius 2 is 2.26 bits per heavy atom. The molecule has 1 aromatic rings. The number of carbonyl (C=O) groups is 2. The summed E-state index contributed by atoms with van der Waals surface area (Å²) in [5, 5.41) is 11.2. The lowest BCUT2D eigenvalue weighted by Crippen LogP contribution is -2.44. The van der Waals surface area contributed by atoms with Crippen LogP contribution >= 0.6 is 35.3 Å². The topological polar surface area (TPSA) is 60.9 Å². The predicted molar refractivity (Wildman–Crippen MR) is 114 cm³/mol. The summed E-state index contributed by atoms with van der Waals surface area (Å²) in [5.74, 6) is 0.0506. The van der Waals surface area contributed by atoms with Crippen molar-refractivity contribution in [3.05, 3.63) is 27.3 Å². The molecule has 0 aromatic carbocycles. The van der Waals surface area contributed by atoms with Crippen LogP contribution in [-0.4, -0.2) is 56.8 Å². The van der Waals surface area contributed by atoms with Crippen molar-refractivity contribution < 1.29 is 14.7 Å². The Labute approximate surface area is 173 Å².